The molecule has 20 heavy (non-hydrogen) atoms. The predicted molar refractivity (Wildman–Crippen MR) is 85.9 cm³/mol. The van der Waals surface area contributed by atoms with E-state index in [1.165, 1.54) is 4.68 Å². The number of likely N-dealkylation sites (N-methyl/N-ethyl adjacent to an activating group) is 1. The van der Waals surface area contributed by atoms with Gasteiger partial charge in [0.15, 0.2) is 0 Å². The highest BCUT2D eigenvalue weighted by atomic mass is 79.9. The van der Waals surface area contributed by atoms with Gasteiger partial charge in [0.1, 0.15) is 11.0 Å². The minimum Gasteiger partial charge on any atom is -0.381 e. The van der Waals surface area contributed by atoms with Crippen LogP contribution in [0.2, 0.25) is 0 Å². The summed E-state index contributed by atoms with van der Waals surface area (Å²) < 4.78 is 1.73. The number of nitrogens with one attached hydrogen (secondary N) is 1. The second-order valence-electron chi connectivity index (χ2n) is 4.40. The largest absolute Gasteiger partial charge is 0.381 e. The molecule has 0 aromatic carbocycles. The molecule has 1 aromatic heterocycles. The summed E-state index contributed by atoms with van der Waals surface area (Å²) in [5, 5.41) is 7.27. The highest BCUT2D eigenvalue weighted by molar-refractivity contribution is 9.10. The van der Waals surface area contributed by atoms with Crippen molar-refractivity contribution in [3.05, 3.63) is 21.0 Å². The van der Waals surface area contributed by atoms with E-state index in [0.29, 0.717) is 10.2 Å². The van der Waals surface area contributed by atoms with Gasteiger partial charge in [0.2, 0.25) is 0 Å². The van der Waals surface area contributed by atoms with Gasteiger partial charge in [0.05, 0.1) is 11.9 Å². The van der Waals surface area contributed by atoms with E-state index in [4.69, 9.17) is 6.42 Å². The molecule has 0 aliphatic rings. The van der Waals surface area contributed by atoms with E-state index in [1.807, 2.05) is 0 Å². The number of rotatable bonds is 8. The average molecular weight is 341 g/mol. The number of anilines is 1. The lowest BCUT2D eigenvalue weighted by Crippen LogP contribution is -2.30. The van der Waals surface area contributed by atoms with Crippen LogP contribution in [0, 0.1) is 12.3 Å². The molecule has 0 atom stereocenters. The van der Waals surface area contributed by atoms with Crippen LogP contribution in [0.4, 0.5) is 5.69 Å². The first-order valence-corrected chi connectivity index (χ1v) is 7.58. The van der Waals surface area contributed by atoms with Gasteiger partial charge in [-0.25, -0.2) is 4.68 Å². The molecule has 0 radical (unpaired) electrons. The first-order valence-electron chi connectivity index (χ1n) is 6.79. The number of hydrogen-bond acceptors (Lipinski definition) is 4. The van der Waals surface area contributed by atoms with Crippen LogP contribution in [-0.4, -0.2) is 40.9 Å². The van der Waals surface area contributed by atoms with Gasteiger partial charge >= 0.3 is 0 Å². The van der Waals surface area contributed by atoms with Crippen LogP contribution in [0.25, 0.3) is 0 Å². The number of aromatic nitrogens is 2. The molecule has 1 N–H and O–H groups in total. The van der Waals surface area contributed by atoms with Crippen LogP contribution in [0.5, 0.6) is 0 Å². The van der Waals surface area contributed by atoms with Gasteiger partial charge in [-0.05, 0) is 35.4 Å². The number of halogens is 1. The van der Waals surface area contributed by atoms with Gasteiger partial charge in [0.25, 0.3) is 5.56 Å². The normalized spacial score (nSPS) is 10.6. The molecule has 0 spiro atoms. The number of hydrogen-bond donors (Lipinski definition) is 1. The minimum absolute atomic E-state index is 0.178. The Hall–Kier alpha value is -1.32. The van der Waals surface area contributed by atoms with Crippen molar-refractivity contribution in [3.8, 4) is 12.3 Å². The highest BCUT2D eigenvalue weighted by Gasteiger charge is 2.08. The summed E-state index contributed by atoms with van der Waals surface area (Å²) in [5.41, 5.74) is 0.490. The SMILES string of the molecule is C#CCn1ncc(NCCN(CC)CCC)c(Br)c1=O. The predicted octanol–water partition coefficient (Wildman–Crippen LogP) is 1.78. The third kappa shape index (κ3) is 4.66. The Balaban J connectivity index is 2.63. The highest BCUT2D eigenvalue weighted by Crippen LogP contribution is 2.15. The lowest BCUT2D eigenvalue weighted by molar-refractivity contribution is 0.300. The lowest BCUT2D eigenvalue weighted by Gasteiger charge is -2.20. The minimum atomic E-state index is -0.214. The molecular formula is C14H21BrN4O. The Morgan fingerprint density at radius 3 is 2.85 bits per heavy atom. The molecule has 1 rings (SSSR count). The molecule has 0 bridgehead atoms. The Kier molecular flexibility index (Phi) is 7.34. The molecule has 5 nitrogen and oxygen atoms in total. The maximum Gasteiger partial charge on any atom is 0.284 e. The molecular weight excluding hydrogens is 320 g/mol. The summed E-state index contributed by atoms with van der Waals surface area (Å²) in [6.45, 7) is 8.31. The molecule has 0 saturated carbocycles. The molecule has 0 fully saturated rings. The number of nitrogens with zero attached hydrogens (tertiary/aromatic N) is 3. The molecule has 110 valence electrons. The fraction of sp³-hybridized carbons (Fsp3) is 0.571. The molecule has 1 aromatic rings. The van der Waals surface area contributed by atoms with Crippen molar-refractivity contribution in [3.63, 3.8) is 0 Å². The van der Waals surface area contributed by atoms with Crippen LogP contribution < -0.4 is 10.9 Å². The average Bonchev–Trinajstić information content (AvgIpc) is 2.45. The van der Waals surface area contributed by atoms with E-state index in [9.17, 15) is 4.79 Å². The molecule has 0 aliphatic carbocycles. The Bertz CT molecular complexity index is 521. The Labute approximate surface area is 128 Å². The quantitative estimate of drug-likeness (QED) is 0.733. The van der Waals surface area contributed by atoms with Gasteiger partial charge in [-0.15, -0.1) is 6.42 Å². The summed E-state index contributed by atoms with van der Waals surface area (Å²) in [6.07, 6.45) is 7.95. The van der Waals surface area contributed by atoms with Crippen molar-refractivity contribution in [2.24, 2.45) is 0 Å². The fourth-order valence-electron chi connectivity index (χ4n) is 1.88. The molecule has 0 saturated heterocycles. The topological polar surface area (TPSA) is 50.2 Å². The van der Waals surface area contributed by atoms with Gasteiger partial charge in [-0.1, -0.05) is 19.8 Å². The van der Waals surface area contributed by atoms with Crippen molar-refractivity contribution in [1.29, 1.82) is 0 Å². The third-order valence-corrected chi connectivity index (χ3v) is 3.72. The third-order valence-electron chi connectivity index (χ3n) is 2.96. The van der Waals surface area contributed by atoms with Crippen LogP contribution >= 0.6 is 15.9 Å². The lowest BCUT2D eigenvalue weighted by atomic mass is 10.4. The zero-order valence-electron chi connectivity index (χ0n) is 12.0. The molecule has 0 unspecified atom stereocenters. The fourth-order valence-corrected chi connectivity index (χ4v) is 2.33. The van der Waals surface area contributed by atoms with Gasteiger partial charge in [0, 0.05) is 13.1 Å². The zero-order chi connectivity index (χ0) is 15.0. The van der Waals surface area contributed by atoms with E-state index >= 15 is 0 Å². The standard InChI is InChI=1S/C14H21BrN4O/c1-4-8-18(6-3)10-7-16-12-11-17-19(9-5-2)14(20)13(12)15/h2,11,16H,4,6-10H2,1,3H3. The van der Waals surface area contributed by atoms with Crippen molar-refractivity contribution in [2.45, 2.75) is 26.8 Å². The van der Waals surface area contributed by atoms with Crippen molar-refractivity contribution in [1.82, 2.24) is 14.7 Å². The second kappa shape index (κ2) is 8.77. The summed E-state index contributed by atoms with van der Waals surface area (Å²) in [6, 6.07) is 0. The summed E-state index contributed by atoms with van der Waals surface area (Å²) in [4.78, 5) is 14.3. The first-order chi connectivity index (χ1) is 9.63. The maximum atomic E-state index is 11.9. The van der Waals surface area contributed by atoms with E-state index in [-0.39, 0.29) is 12.1 Å². The first kappa shape index (κ1) is 16.7. The number of terminal acetylenes is 1. The van der Waals surface area contributed by atoms with Crippen LogP contribution in [0.3, 0.4) is 0 Å². The molecule has 1 heterocycles. The van der Waals surface area contributed by atoms with Crippen molar-refractivity contribution < 1.29 is 0 Å². The van der Waals surface area contributed by atoms with Crippen molar-refractivity contribution >= 4 is 21.6 Å². The van der Waals surface area contributed by atoms with Crippen LogP contribution in [0.15, 0.2) is 15.5 Å². The van der Waals surface area contributed by atoms with E-state index in [0.717, 1.165) is 32.6 Å². The summed E-state index contributed by atoms with van der Waals surface area (Å²) in [5.74, 6) is 2.40. The van der Waals surface area contributed by atoms with E-state index < -0.39 is 0 Å². The Morgan fingerprint density at radius 1 is 1.50 bits per heavy atom. The van der Waals surface area contributed by atoms with Gasteiger partial charge < -0.3 is 10.2 Å². The van der Waals surface area contributed by atoms with Crippen LogP contribution in [-0.2, 0) is 6.54 Å². The molecule has 0 amide bonds. The summed E-state index contributed by atoms with van der Waals surface area (Å²) >= 11 is 3.30. The van der Waals surface area contributed by atoms with E-state index in [1.54, 1.807) is 6.20 Å². The maximum absolute atomic E-state index is 11.9. The smallest absolute Gasteiger partial charge is 0.284 e. The Morgan fingerprint density at radius 2 is 2.25 bits per heavy atom. The van der Waals surface area contributed by atoms with Gasteiger partial charge in [-0.3, -0.25) is 4.79 Å². The van der Waals surface area contributed by atoms with Gasteiger partial charge in [-0.2, -0.15) is 5.10 Å². The van der Waals surface area contributed by atoms with E-state index in [2.05, 4.69) is 51.0 Å². The zero-order valence-corrected chi connectivity index (χ0v) is 13.6. The van der Waals surface area contributed by atoms with Crippen molar-refractivity contribution in [2.75, 3.05) is 31.5 Å². The summed E-state index contributed by atoms with van der Waals surface area (Å²) in [7, 11) is 0. The second-order valence-corrected chi connectivity index (χ2v) is 5.19. The molecule has 0 aliphatic heterocycles. The molecule has 6 heteroatoms. The monoisotopic (exact) mass is 340 g/mol. The van der Waals surface area contributed by atoms with Crippen LogP contribution in [0.1, 0.15) is 20.3 Å².